The molecule has 0 spiro atoms. The number of anilines is 1. The Morgan fingerprint density at radius 1 is 1.35 bits per heavy atom. The topological polar surface area (TPSA) is 92.5 Å². The molecule has 0 radical (unpaired) electrons. The number of nitrogens with one attached hydrogen (secondary N) is 1. The van der Waals surface area contributed by atoms with E-state index in [1.165, 1.54) is 4.90 Å². The third-order valence-corrected chi connectivity index (χ3v) is 3.48. The summed E-state index contributed by atoms with van der Waals surface area (Å²) >= 11 is 0. The molecule has 0 saturated carbocycles. The molecule has 3 amide bonds. The van der Waals surface area contributed by atoms with E-state index >= 15 is 0 Å². The fraction of sp³-hybridized carbons (Fsp3) is 0.357. The van der Waals surface area contributed by atoms with E-state index in [2.05, 4.69) is 5.32 Å². The number of carbonyl (C=O) groups is 3. The predicted octanol–water partition coefficient (Wildman–Crippen LogP) is 0.0749. The maximum Gasteiger partial charge on any atom is 0.252 e. The second-order valence-electron chi connectivity index (χ2n) is 5.29. The van der Waals surface area contributed by atoms with Crippen molar-refractivity contribution in [3.63, 3.8) is 0 Å². The highest BCUT2D eigenvalue weighted by Crippen LogP contribution is 2.21. The second-order valence-corrected chi connectivity index (χ2v) is 5.29. The fourth-order valence-corrected chi connectivity index (χ4v) is 2.14. The zero-order valence-electron chi connectivity index (χ0n) is 11.5. The maximum absolute atomic E-state index is 12.4. The number of rotatable bonds is 2. The summed E-state index contributed by atoms with van der Waals surface area (Å²) in [5.74, 6) is -1.23. The minimum Gasteiger partial charge on any atom is -0.398 e. The number of amides is 3. The number of nitrogen functional groups attached to an aromatic ring is 1. The van der Waals surface area contributed by atoms with Gasteiger partial charge in [0.05, 0.1) is 6.42 Å². The summed E-state index contributed by atoms with van der Waals surface area (Å²) in [6.45, 7) is 3.10. The summed E-state index contributed by atoms with van der Waals surface area (Å²) in [6, 6.07) is 7.04. The summed E-state index contributed by atoms with van der Waals surface area (Å²) in [4.78, 5) is 36.9. The average Bonchev–Trinajstić information content (AvgIpc) is 2.37. The maximum atomic E-state index is 12.4. The molecule has 6 nitrogen and oxygen atoms in total. The first-order valence-corrected chi connectivity index (χ1v) is 6.30. The van der Waals surface area contributed by atoms with Gasteiger partial charge in [0.15, 0.2) is 0 Å². The van der Waals surface area contributed by atoms with E-state index in [1.807, 2.05) is 0 Å². The Labute approximate surface area is 116 Å². The molecule has 1 aliphatic rings. The molecule has 0 bridgehead atoms. The van der Waals surface area contributed by atoms with Crippen LogP contribution in [0.25, 0.3) is 0 Å². The van der Waals surface area contributed by atoms with Crippen molar-refractivity contribution in [2.24, 2.45) is 0 Å². The van der Waals surface area contributed by atoms with Crippen LogP contribution in [-0.4, -0.2) is 34.7 Å². The van der Waals surface area contributed by atoms with Crippen LogP contribution in [0.4, 0.5) is 5.69 Å². The van der Waals surface area contributed by atoms with Crippen LogP contribution in [-0.2, 0) is 20.8 Å². The molecule has 20 heavy (non-hydrogen) atoms. The number of nitrogens with zero attached hydrogens (tertiary/aromatic N) is 1. The number of hydrogen-bond acceptors (Lipinski definition) is 4. The van der Waals surface area contributed by atoms with Crippen molar-refractivity contribution in [1.29, 1.82) is 0 Å². The Morgan fingerprint density at radius 2 is 2.00 bits per heavy atom. The number of hydrogen-bond donors (Lipinski definition) is 2. The van der Waals surface area contributed by atoms with Gasteiger partial charge in [-0.2, -0.15) is 0 Å². The Balaban J connectivity index is 2.22. The van der Waals surface area contributed by atoms with Crippen LogP contribution >= 0.6 is 0 Å². The lowest BCUT2D eigenvalue weighted by atomic mass is 9.97. The first kappa shape index (κ1) is 14.0. The van der Waals surface area contributed by atoms with E-state index in [0.29, 0.717) is 11.3 Å². The molecule has 0 unspecified atom stereocenters. The molecule has 1 aromatic rings. The molecule has 1 heterocycles. The van der Waals surface area contributed by atoms with E-state index in [4.69, 9.17) is 5.73 Å². The van der Waals surface area contributed by atoms with E-state index in [-0.39, 0.29) is 18.9 Å². The lowest BCUT2D eigenvalue weighted by Gasteiger charge is -2.40. The highest BCUT2D eigenvalue weighted by atomic mass is 16.2. The van der Waals surface area contributed by atoms with Crippen molar-refractivity contribution in [2.45, 2.75) is 25.8 Å². The minimum absolute atomic E-state index is 0.0661. The fourth-order valence-electron chi connectivity index (χ4n) is 2.14. The van der Waals surface area contributed by atoms with Gasteiger partial charge in [-0.05, 0) is 25.5 Å². The van der Waals surface area contributed by atoms with Crippen molar-refractivity contribution in [3.8, 4) is 0 Å². The first-order valence-electron chi connectivity index (χ1n) is 6.30. The Morgan fingerprint density at radius 3 is 2.65 bits per heavy atom. The monoisotopic (exact) mass is 275 g/mol. The predicted molar refractivity (Wildman–Crippen MR) is 73.5 cm³/mol. The molecule has 106 valence electrons. The summed E-state index contributed by atoms with van der Waals surface area (Å²) in [7, 11) is 0. The molecule has 0 aromatic heterocycles. The Bertz CT molecular complexity index is 581. The number of piperazine rings is 1. The van der Waals surface area contributed by atoms with Gasteiger partial charge in [0.25, 0.3) is 5.91 Å². The van der Waals surface area contributed by atoms with Crippen LogP contribution in [0.1, 0.15) is 19.4 Å². The van der Waals surface area contributed by atoms with Crippen LogP contribution in [0.15, 0.2) is 24.3 Å². The minimum atomic E-state index is -1.05. The molecular formula is C14H17N3O3. The molecule has 0 atom stereocenters. The second kappa shape index (κ2) is 4.96. The molecular weight excluding hydrogens is 258 g/mol. The van der Waals surface area contributed by atoms with Gasteiger partial charge >= 0.3 is 0 Å². The standard InChI is InChI=1S/C14H17N3O3/c1-14(2)13(20)16-11(18)8-17(14)12(19)7-9-5-3-4-6-10(9)15/h3-6H,7-8,15H2,1-2H3,(H,16,18,20). The van der Waals surface area contributed by atoms with Crippen LogP contribution in [0.2, 0.25) is 0 Å². The zero-order chi connectivity index (χ0) is 14.9. The van der Waals surface area contributed by atoms with Crippen LogP contribution in [0.5, 0.6) is 0 Å². The Hall–Kier alpha value is -2.37. The molecule has 1 aliphatic heterocycles. The van der Waals surface area contributed by atoms with Gasteiger partial charge in [-0.3, -0.25) is 19.7 Å². The summed E-state index contributed by atoms with van der Waals surface area (Å²) in [6.07, 6.45) is 0.0661. The Kier molecular flexibility index (Phi) is 3.48. The number of benzene rings is 1. The highest BCUT2D eigenvalue weighted by Gasteiger charge is 2.43. The smallest absolute Gasteiger partial charge is 0.252 e. The lowest BCUT2D eigenvalue weighted by Crippen LogP contribution is -2.65. The van der Waals surface area contributed by atoms with Crippen molar-refractivity contribution in [2.75, 3.05) is 12.3 Å². The van der Waals surface area contributed by atoms with Crippen LogP contribution in [0, 0.1) is 0 Å². The van der Waals surface area contributed by atoms with Crippen molar-refractivity contribution in [1.82, 2.24) is 10.2 Å². The van der Waals surface area contributed by atoms with Gasteiger partial charge < -0.3 is 10.6 Å². The zero-order valence-corrected chi connectivity index (χ0v) is 11.5. The third kappa shape index (κ3) is 2.49. The SMILES string of the molecule is CC1(C)C(=O)NC(=O)CN1C(=O)Cc1ccccc1N. The van der Waals surface area contributed by atoms with E-state index in [1.54, 1.807) is 38.1 Å². The van der Waals surface area contributed by atoms with Gasteiger partial charge in [-0.1, -0.05) is 18.2 Å². The van der Waals surface area contributed by atoms with Crippen molar-refractivity contribution >= 4 is 23.4 Å². The molecule has 0 aliphatic carbocycles. The number of imide groups is 1. The number of nitrogens with two attached hydrogens (primary N) is 1. The van der Waals surface area contributed by atoms with Gasteiger partial charge in [-0.25, -0.2) is 0 Å². The first-order chi connectivity index (χ1) is 9.32. The van der Waals surface area contributed by atoms with E-state index < -0.39 is 17.4 Å². The van der Waals surface area contributed by atoms with Gasteiger partial charge in [0.2, 0.25) is 11.8 Å². The third-order valence-electron chi connectivity index (χ3n) is 3.48. The summed E-state index contributed by atoms with van der Waals surface area (Å²) in [5.41, 5.74) is 5.96. The summed E-state index contributed by atoms with van der Waals surface area (Å²) in [5, 5.41) is 2.23. The molecule has 1 fully saturated rings. The van der Waals surface area contributed by atoms with Gasteiger partial charge in [0, 0.05) is 5.69 Å². The molecule has 1 aromatic carbocycles. The van der Waals surface area contributed by atoms with E-state index in [0.717, 1.165) is 0 Å². The molecule has 1 saturated heterocycles. The number of carbonyl (C=O) groups excluding carboxylic acids is 3. The number of para-hydroxylation sites is 1. The lowest BCUT2D eigenvalue weighted by molar-refractivity contribution is -0.155. The van der Waals surface area contributed by atoms with Crippen LogP contribution < -0.4 is 11.1 Å². The molecule has 3 N–H and O–H groups in total. The van der Waals surface area contributed by atoms with E-state index in [9.17, 15) is 14.4 Å². The highest BCUT2D eigenvalue weighted by molar-refractivity contribution is 6.06. The van der Waals surface area contributed by atoms with Crippen molar-refractivity contribution < 1.29 is 14.4 Å². The average molecular weight is 275 g/mol. The van der Waals surface area contributed by atoms with Crippen LogP contribution in [0.3, 0.4) is 0 Å². The molecule has 2 rings (SSSR count). The quantitative estimate of drug-likeness (QED) is 0.590. The largest absolute Gasteiger partial charge is 0.398 e. The molecule has 6 heteroatoms. The summed E-state index contributed by atoms with van der Waals surface area (Å²) < 4.78 is 0. The van der Waals surface area contributed by atoms with Crippen molar-refractivity contribution in [3.05, 3.63) is 29.8 Å². The van der Waals surface area contributed by atoms with Gasteiger partial charge in [0.1, 0.15) is 12.1 Å². The van der Waals surface area contributed by atoms with Gasteiger partial charge in [-0.15, -0.1) is 0 Å². The normalized spacial score (nSPS) is 17.8.